The summed E-state index contributed by atoms with van der Waals surface area (Å²) in [6, 6.07) is 6.89. The minimum absolute atomic E-state index is 0. The van der Waals surface area contributed by atoms with E-state index in [2.05, 4.69) is 26.9 Å². The van der Waals surface area contributed by atoms with Crippen molar-refractivity contribution >= 4 is 40.0 Å². The molecule has 6 nitrogen and oxygen atoms in total. The molecule has 2 atom stereocenters. The van der Waals surface area contributed by atoms with Crippen LogP contribution in [0, 0.1) is 18.8 Å². The van der Waals surface area contributed by atoms with Crippen LogP contribution >= 0.6 is 24.0 Å². The van der Waals surface area contributed by atoms with E-state index in [0.29, 0.717) is 18.0 Å². The van der Waals surface area contributed by atoms with Gasteiger partial charge in [0.1, 0.15) is 0 Å². The van der Waals surface area contributed by atoms with Crippen LogP contribution in [0.5, 0.6) is 0 Å². The fourth-order valence-corrected chi connectivity index (χ4v) is 5.17. The third-order valence-corrected chi connectivity index (χ3v) is 7.08. The summed E-state index contributed by atoms with van der Waals surface area (Å²) in [6.07, 6.45) is 5.36. The number of benzene rings is 1. The molecule has 2 N–H and O–H groups in total. The topological polar surface area (TPSA) is 73.8 Å². The molecule has 2 fully saturated rings. The van der Waals surface area contributed by atoms with Gasteiger partial charge in [-0.05, 0) is 50.7 Å². The van der Waals surface area contributed by atoms with E-state index in [4.69, 9.17) is 0 Å². The van der Waals surface area contributed by atoms with Crippen molar-refractivity contribution < 1.29 is 8.42 Å². The lowest BCUT2D eigenvalue weighted by molar-refractivity contribution is 0.299. The number of sulfonamides is 1. The highest BCUT2D eigenvalue weighted by Gasteiger charge is 2.35. The molecule has 28 heavy (non-hydrogen) atoms. The maximum atomic E-state index is 12.4. The second kappa shape index (κ2) is 10.8. The third-order valence-electron chi connectivity index (χ3n) is 5.61. The maximum Gasteiger partial charge on any atom is 0.240 e. The van der Waals surface area contributed by atoms with Gasteiger partial charge in [0.25, 0.3) is 0 Å². The lowest BCUT2D eigenvalue weighted by Crippen LogP contribution is -2.41. The van der Waals surface area contributed by atoms with Crippen molar-refractivity contribution in [1.82, 2.24) is 14.9 Å². The van der Waals surface area contributed by atoms with E-state index >= 15 is 0 Å². The van der Waals surface area contributed by atoms with Crippen LogP contribution in [0.25, 0.3) is 0 Å². The molecule has 1 saturated heterocycles. The molecule has 0 bridgehead atoms. The molecule has 8 heteroatoms. The molecule has 1 heterocycles. The molecule has 0 radical (unpaired) electrons. The Morgan fingerprint density at radius 3 is 2.32 bits per heavy atom. The Hall–Kier alpha value is -0.870. The molecule has 1 aromatic rings. The first kappa shape index (κ1) is 23.4. The van der Waals surface area contributed by atoms with Gasteiger partial charge in [-0.2, -0.15) is 0 Å². The Labute approximate surface area is 186 Å². The molecule has 158 valence electrons. The van der Waals surface area contributed by atoms with Gasteiger partial charge in [-0.15, -0.1) is 24.0 Å². The molecular formula is C20H33IN4O2S. The quantitative estimate of drug-likeness (QED) is 0.262. The highest BCUT2D eigenvalue weighted by atomic mass is 127. The van der Waals surface area contributed by atoms with E-state index in [1.165, 1.54) is 25.7 Å². The van der Waals surface area contributed by atoms with Crippen molar-refractivity contribution in [2.45, 2.75) is 44.4 Å². The summed E-state index contributed by atoms with van der Waals surface area (Å²) in [5.41, 5.74) is 1.04. The highest BCUT2D eigenvalue weighted by molar-refractivity contribution is 14.0. The molecule has 1 saturated carbocycles. The molecule has 2 unspecified atom stereocenters. The normalized spacial score (nSPS) is 22.5. The molecule has 2 aliphatic rings. The Morgan fingerprint density at radius 1 is 1.14 bits per heavy atom. The molecule has 0 spiro atoms. The van der Waals surface area contributed by atoms with Crippen molar-refractivity contribution in [2.24, 2.45) is 16.8 Å². The number of nitrogens with zero attached hydrogens (tertiary/aromatic N) is 2. The average Bonchev–Trinajstić information content (AvgIpc) is 3.08. The van der Waals surface area contributed by atoms with Crippen LogP contribution in [0.1, 0.15) is 38.2 Å². The summed E-state index contributed by atoms with van der Waals surface area (Å²) >= 11 is 0. The monoisotopic (exact) mass is 520 g/mol. The number of aryl methyl sites for hydroxylation is 1. The van der Waals surface area contributed by atoms with Crippen LogP contribution in [0.4, 0.5) is 0 Å². The van der Waals surface area contributed by atoms with Crippen molar-refractivity contribution in [3.8, 4) is 0 Å². The fourth-order valence-electron chi connectivity index (χ4n) is 4.15. The Kier molecular flexibility index (Phi) is 9.01. The second-order valence-corrected chi connectivity index (χ2v) is 9.42. The number of fused-ring (bicyclic) bond motifs is 1. The van der Waals surface area contributed by atoms with E-state index in [9.17, 15) is 8.42 Å². The summed E-state index contributed by atoms with van der Waals surface area (Å²) < 4.78 is 27.4. The molecule has 0 aromatic heterocycles. The van der Waals surface area contributed by atoms with E-state index < -0.39 is 10.0 Å². The van der Waals surface area contributed by atoms with Crippen LogP contribution in [-0.4, -0.2) is 52.0 Å². The van der Waals surface area contributed by atoms with Crippen LogP contribution in [-0.2, 0) is 10.0 Å². The predicted molar refractivity (Wildman–Crippen MR) is 125 cm³/mol. The van der Waals surface area contributed by atoms with E-state index in [0.717, 1.165) is 43.0 Å². The number of likely N-dealkylation sites (tertiary alicyclic amines) is 1. The van der Waals surface area contributed by atoms with Gasteiger partial charge in [0.05, 0.1) is 11.4 Å². The minimum atomic E-state index is -3.48. The van der Waals surface area contributed by atoms with E-state index in [1.54, 1.807) is 12.1 Å². The number of nitrogens with one attached hydrogen (secondary N) is 2. The van der Waals surface area contributed by atoms with Crippen LogP contribution in [0.15, 0.2) is 34.2 Å². The minimum Gasteiger partial charge on any atom is -0.357 e. The van der Waals surface area contributed by atoms with Gasteiger partial charge in [0, 0.05) is 26.2 Å². The highest BCUT2D eigenvalue weighted by Crippen LogP contribution is 2.35. The molecule has 3 rings (SSSR count). The third kappa shape index (κ3) is 6.06. The largest absolute Gasteiger partial charge is 0.357 e. The molecule has 1 aliphatic heterocycles. The summed E-state index contributed by atoms with van der Waals surface area (Å²) in [4.78, 5) is 7.33. The zero-order chi connectivity index (χ0) is 19.3. The Bertz CT molecular complexity index is 738. The van der Waals surface area contributed by atoms with Gasteiger partial charge in [-0.3, -0.25) is 4.99 Å². The SMILES string of the molecule is CCNC(=NCCNS(=O)(=O)c1ccc(C)cc1)N1CC2CCCCC2C1.I. The van der Waals surface area contributed by atoms with Crippen LogP contribution < -0.4 is 10.0 Å². The standard InChI is InChI=1S/C20H32N4O2S.HI/c1-3-21-20(24-14-17-6-4-5-7-18(17)15-24)22-12-13-23-27(25,26)19-10-8-16(2)9-11-19;/h8-11,17-18,23H,3-7,12-15H2,1-2H3,(H,21,22);1H. The smallest absolute Gasteiger partial charge is 0.240 e. The fraction of sp³-hybridized carbons (Fsp3) is 0.650. The van der Waals surface area contributed by atoms with Crippen molar-refractivity contribution in [3.05, 3.63) is 29.8 Å². The number of hydrogen-bond donors (Lipinski definition) is 2. The zero-order valence-electron chi connectivity index (χ0n) is 16.9. The summed E-state index contributed by atoms with van der Waals surface area (Å²) in [6.45, 7) is 7.70. The van der Waals surface area contributed by atoms with Crippen molar-refractivity contribution in [1.29, 1.82) is 0 Å². The predicted octanol–water partition coefficient (Wildman–Crippen LogP) is 2.98. The summed E-state index contributed by atoms with van der Waals surface area (Å²) in [5, 5.41) is 3.37. The van der Waals surface area contributed by atoms with Gasteiger partial charge in [0.15, 0.2) is 5.96 Å². The number of halogens is 1. The van der Waals surface area contributed by atoms with Crippen LogP contribution in [0.3, 0.4) is 0 Å². The molecular weight excluding hydrogens is 487 g/mol. The summed E-state index contributed by atoms with van der Waals surface area (Å²) in [5.74, 6) is 2.51. The van der Waals surface area contributed by atoms with Gasteiger partial charge >= 0.3 is 0 Å². The number of guanidine groups is 1. The molecule has 1 aliphatic carbocycles. The second-order valence-electron chi connectivity index (χ2n) is 7.66. The lowest BCUT2D eigenvalue weighted by atomic mass is 9.82. The van der Waals surface area contributed by atoms with E-state index in [-0.39, 0.29) is 24.0 Å². The van der Waals surface area contributed by atoms with Gasteiger partial charge in [-0.1, -0.05) is 30.5 Å². The summed E-state index contributed by atoms with van der Waals surface area (Å²) in [7, 11) is -3.48. The van der Waals surface area contributed by atoms with Crippen LogP contribution in [0.2, 0.25) is 0 Å². The number of hydrogen-bond acceptors (Lipinski definition) is 3. The Morgan fingerprint density at radius 2 is 1.75 bits per heavy atom. The van der Waals surface area contributed by atoms with Gasteiger partial charge in [0.2, 0.25) is 10.0 Å². The first-order valence-electron chi connectivity index (χ1n) is 10.1. The van der Waals surface area contributed by atoms with Crippen molar-refractivity contribution in [3.63, 3.8) is 0 Å². The average molecular weight is 520 g/mol. The zero-order valence-corrected chi connectivity index (χ0v) is 20.0. The first-order valence-corrected chi connectivity index (χ1v) is 11.6. The first-order chi connectivity index (χ1) is 13.0. The molecule has 1 aromatic carbocycles. The number of rotatable bonds is 6. The van der Waals surface area contributed by atoms with Gasteiger partial charge < -0.3 is 10.2 Å². The maximum absolute atomic E-state index is 12.4. The number of aliphatic imine (C=N–C) groups is 1. The Balaban J connectivity index is 0.00000280. The van der Waals surface area contributed by atoms with Crippen molar-refractivity contribution in [2.75, 3.05) is 32.7 Å². The lowest BCUT2D eigenvalue weighted by Gasteiger charge is -2.22. The molecule has 0 amide bonds. The van der Waals surface area contributed by atoms with Gasteiger partial charge in [-0.25, -0.2) is 13.1 Å². The van der Waals surface area contributed by atoms with E-state index in [1.807, 2.05) is 19.1 Å².